The Bertz CT molecular complexity index is 709. The van der Waals surface area contributed by atoms with E-state index in [9.17, 15) is 8.42 Å². The summed E-state index contributed by atoms with van der Waals surface area (Å²) in [5.74, 6) is 1.09. The number of anilines is 1. The number of rotatable bonds is 5. The molecule has 0 amide bonds. The number of furan rings is 1. The number of aliphatic hydroxyl groups excluding tert-OH is 1. The molecule has 1 aromatic carbocycles. The van der Waals surface area contributed by atoms with Gasteiger partial charge in [-0.1, -0.05) is 11.6 Å². The zero-order valence-electron chi connectivity index (χ0n) is 10.8. The Labute approximate surface area is 122 Å². The van der Waals surface area contributed by atoms with Crippen molar-refractivity contribution in [2.45, 2.75) is 18.0 Å². The van der Waals surface area contributed by atoms with Gasteiger partial charge in [0, 0.05) is 6.26 Å². The molecule has 2 rings (SSSR count). The Morgan fingerprint density at radius 1 is 1.25 bits per heavy atom. The third kappa shape index (κ3) is 3.53. The first-order valence-electron chi connectivity index (χ1n) is 5.82. The zero-order valence-corrected chi connectivity index (χ0v) is 12.3. The van der Waals surface area contributed by atoms with E-state index in [1.165, 1.54) is 18.2 Å². The highest BCUT2D eigenvalue weighted by molar-refractivity contribution is 7.90. The Balaban J connectivity index is 2.16. The molecule has 1 aromatic heterocycles. The molecule has 108 valence electrons. The number of nitrogens with one attached hydrogen (secondary N) is 1. The minimum absolute atomic E-state index is 0.162. The van der Waals surface area contributed by atoms with E-state index in [0.717, 1.165) is 6.26 Å². The normalized spacial score (nSPS) is 11.6. The molecule has 5 nitrogen and oxygen atoms in total. The fraction of sp³-hybridized carbons (Fsp3) is 0.231. The Morgan fingerprint density at radius 2 is 1.95 bits per heavy atom. The van der Waals surface area contributed by atoms with Crippen LogP contribution in [0.2, 0.25) is 5.02 Å². The van der Waals surface area contributed by atoms with Gasteiger partial charge in [-0.25, -0.2) is 8.42 Å². The van der Waals surface area contributed by atoms with Crippen LogP contribution in [0.5, 0.6) is 0 Å². The van der Waals surface area contributed by atoms with Gasteiger partial charge in [-0.05, 0) is 30.3 Å². The smallest absolute Gasteiger partial charge is 0.175 e. The predicted molar refractivity (Wildman–Crippen MR) is 76.5 cm³/mol. The first-order valence-corrected chi connectivity index (χ1v) is 8.09. The van der Waals surface area contributed by atoms with Gasteiger partial charge in [0.2, 0.25) is 0 Å². The van der Waals surface area contributed by atoms with Crippen LogP contribution in [-0.4, -0.2) is 19.8 Å². The van der Waals surface area contributed by atoms with Crippen molar-refractivity contribution in [2.24, 2.45) is 0 Å². The summed E-state index contributed by atoms with van der Waals surface area (Å²) in [5, 5.41) is 12.3. The van der Waals surface area contributed by atoms with Gasteiger partial charge in [0.25, 0.3) is 0 Å². The molecular weight excluding hydrogens is 302 g/mol. The van der Waals surface area contributed by atoms with Gasteiger partial charge in [0.05, 0.1) is 22.2 Å². The van der Waals surface area contributed by atoms with Crippen LogP contribution in [0, 0.1) is 0 Å². The molecule has 0 unspecified atom stereocenters. The molecule has 0 aliphatic heterocycles. The third-order valence-corrected chi connectivity index (χ3v) is 4.13. The monoisotopic (exact) mass is 315 g/mol. The van der Waals surface area contributed by atoms with Crippen LogP contribution in [0.1, 0.15) is 11.5 Å². The molecule has 1 heterocycles. The van der Waals surface area contributed by atoms with Crippen LogP contribution in [-0.2, 0) is 23.0 Å². The molecule has 0 radical (unpaired) electrons. The molecule has 0 aliphatic carbocycles. The largest absolute Gasteiger partial charge is 0.462 e. The second-order valence-electron chi connectivity index (χ2n) is 4.29. The average Bonchev–Trinajstić information content (AvgIpc) is 2.84. The topological polar surface area (TPSA) is 79.5 Å². The van der Waals surface area contributed by atoms with E-state index in [2.05, 4.69) is 5.32 Å². The van der Waals surface area contributed by atoms with Crippen LogP contribution >= 0.6 is 11.6 Å². The number of benzene rings is 1. The number of hydrogen-bond donors (Lipinski definition) is 2. The van der Waals surface area contributed by atoms with Gasteiger partial charge in [-0.3, -0.25) is 0 Å². The van der Waals surface area contributed by atoms with Crippen molar-refractivity contribution in [3.8, 4) is 0 Å². The van der Waals surface area contributed by atoms with Gasteiger partial charge in [-0.15, -0.1) is 0 Å². The van der Waals surface area contributed by atoms with Crippen molar-refractivity contribution in [3.63, 3.8) is 0 Å². The van der Waals surface area contributed by atoms with Crippen molar-refractivity contribution >= 4 is 27.1 Å². The molecule has 0 bridgehead atoms. The highest BCUT2D eigenvalue weighted by atomic mass is 35.5. The van der Waals surface area contributed by atoms with Gasteiger partial charge in [-0.2, -0.15) is 0 Å². The molecule has 7 heteroatoms. The number of hydrogen-bond acceptors (Lipinski definition) is 5. The summed E-state index contributed by atoms with van der Waals surface area (Å²) in [5.41, 5.74) is 0.511. The fourth-order valence-corrected chi connectivity index (χ4v) is 2.49. The predicted octanol–water partition coefficient (Wildman–Crippen LogP) is 2.44. The number of halogens is 1. The first-order chi connectivity index (χ1) is 9.40. The van der Waals surface area contributed by atoms with E-state index in [0.29, 0.717) is 28.8 Å². The van der Waals surface area contributed by atoms with Crippen LogP contribution in [0.3, 0.4) is 0 Å². The lowest BCUT2D eigenvalue weighted by Gasteiger charge is -2.08. The molecule has 2 aromatic rings. The summed E-state index contributed by atoms with van der Waals surface area (Å²) in [7, 11) is -3.28. The number of sulfone groups is 1. The highest BCUT2D eigenvalue weighted by Gasteiger charge is 2.10. The van der Waals surface area contributed by atoms with E-state index in [4.69, 9.17) is 21.1 Å². The molecule has 0 saturated heterocycles. The quantitative estimate of drug-likeness (QED) is 0.886. The highest BCUT2D eigenvalue weighted by Crippen LogP contribution is 2.26. The minimum Gasteiger partial charge on any atom is -0.462 e. The maximum absolute atomic E-state index is 11.5. The summed E-state index contributed by atoms with van der Waals surface area (Å²) < 4.78 is 28.3. The van der Waals surface area contributed by atoms with Crippen molar-refractivity contribution in [1.29, 1.82) is 0 Å². The summed E-state index contributed by atoms with van der Waals surface area (Å²) in [6.07, 6.45) is 1.14. The fourth-order valence-electron chi connectivity index (χ4n) is 1.66. The molecule has 0 fully saturated rings. The SMILES string of the molecule is CS(=O)(=O)c1ccc(Cl)c(NCc2ccc(CO)o2)c1. The van der Waals surface area contributed by atoms with E-state index < -0.39 is 9.84 Å². The van der Waals surface area contributed by atoms with Gasteiger partial charge < -0.3 is 14.8 Å². The van der Waals surface area contributed by atoms with Gasteiger partial charge in [0.1, 0.15) is 18.1 Å². The summed E-state index contributed by atoms with van der Waals surface area (Å²) in [4.78, 5) is 0.194. The molecule has 2 N–H and O–H groups in total. The first kappa shape index (κ1) is 14.9. The minimum atomic E-state index is -3.28. The summed E-state index contributed by atoms with van der Waals surface area (Å²) in [6.45, 7) is 0.178. The Morgan fingerprint density at radius 3 is 2.55 bits per heavy atom. The number of aliphatic hydroxyl groups is 1. The van der Waals surface area contributed by atoms with Crippen molar-refractivity contribution < 1.29 is 17.9 Å². The maximum Gasteiger partial charge on any atom is 0.175 e. The molecule has 0 spiro atoms. The second-order valence-corrected chi connectivity index (χ2v) is 6.72. The Kier molecular flexibility index (Phi) is 4.37. The molecular formula is C13H14ClNO4S. The van der Waals surface area contributed by atoms with Crippen molar-refractivity contribution in [1.82, 2.24) is 0 Å². The summed E-state index contributed by atoms with van der Waals surface area (Å²) in [6, 6.07) is 7.87. The molecule has 0 atom stereocenters. The van der Waals surface area contributed by atoms with Crippen LogP contribution in [0.4, 0.5) is 5.69 Å². The van der Waals surface area contributed by atoms with Gasteiger partial charge in [0.15, 0.2) is 9.84 Å². The van der Waals surface area contributed by atoms with Crippen molar-refractivity contribution in [2.75, 3.05) is 11.6 Å². The second kappa shape index (κ2) is 5.87. The van der Waals surface area contributed by atoms with Crippen LogP contribution < -0.4 is 5.32 Å². The molecule has 0 saturated carbocycles. The summed E-state index contributed by atoms with van der Waals surface area (Å²) >= 11 is 6.02. The third-order valence-electron chi connectivity index (χ3n) is 2.69. The van der Waals surface area contributed by atoms with E-state index in [-0.39, 0.29) is 11.5 Å². The molecule has 0 aliphatic rings. The zero-order chi connectivity index (χ0) is 14.8. The Hall–Kier alpha value is -1.50. The van der Waals surface area contributed by atoms with Crippen LogP contribution in [0.25, 0.3) is 0 Å². The lowest BCUT2D eigenvalue weighted by molar-refractivity contribution is 0.244. The maximum atomic E-state index is 11.5. The van der Waals surface area contributed by atoms with Crippen LogP contribution in [0.15, 0.2) is 39.6 Å². The lowest BCUT2D eigenvalue weighted by Crippen LogP contribution is -2.02. The van der Waals surface area contributed by atoms with Crippen molar-refractivity contribution in [3.05, 3.63) is 46.9 Å². The van der Waals surface area contributed by atoms with Gasteiger partial charge >= 0.3 is 0 Å². The average molecular weight is 316 g/mol. The lowest BCUT2D eigenvalue weighted by atomic mass is 10.3. The van der Waals surface area contributed by atoms with E-state index in [1.807, 2.05) is 0 Å². The standard InChI is InChI=1S/C13H14ClNO4S/c1-20(17,18)11-4-5-12(14)13(6-11)15-7-9-2-3-10(8-16)19-9/h2-6,15-16H,7-8H2,1H3. The molecule has 20 heavy (non-hydrogen) atoms. The van der Waals surface area contributed by atoms with E-state index >= 15 is 0 Å². The van der Waals surface area contributed by atoms with E-state index in [1.54, 1.807) is 12.1 Å².